The van der Waals surface area contributed by atoms with Gasteiger partial charge in [-0.05, 0) is 18.2 Å². The summed E-state index contributed by atoms with van der Waals surface area (Å²) >= 11 is 0. The van der Waals surface area contributed by atoms with Crippen molar-refractivity contribution in [2.75, 3.05) is 19.7 Å². The van der Waals surface area contributed by atoms with Crippen LogP contribution in [-0.4, -0.2) is 25.6 Å². The van der Waals surface area contributed by atoms with Gasteiger partial charge in [-0.1, -0.05) is 6.07 Å². The van der Waals surface area contributed by atoms with E-state index in [1.54, 1.807) is 0 Å². The summed E-state index contributed by atoms with van der Waals surface area (Å²) in [5, 5.41) is 2.44. The van der Waals surface area contributed by atoms with Gasteiger partial charge in [-0.3, -0.25) is 4.79 Å². The predicted molar refractivity (Wildman–Crippen MR) is 59.0 cm³/mol. The van der Waals surface area contributed by atoms with Gasteiger partial charge >= 0.3 is 6.18 Å². The lowest BCUT2D eigenvalue weighted by Crippen LogP contribution is -2.32. The molecule has 1 aromatic rings. The van der Waals surface area contributed by atoms with E-state index in [1.807, 2.05) is 0 Å². The highest BCUT2D eigenvalue weighted by Gasteiger charge is 2.30. The Morgan fingerprint density at radius 2 is 2.11 bits per heavy atom. The van der Waals surface area contributed by atoms with E-state index in [0.717, 1.165) is 12.1 Å². The standard InChI is InChI=1S/C11H13F3N2O2/c12-11(13,14)8-2-1-3-9(6-8)18-7-10(17)16-5-4-15/h1-3,6H,4-5,7,15H2,(H,16,17). The van der Waals surface area contributed by atoms with Gasteiger partial charge in [0.1, 0.15) is 5.75 Å². The van der Waals surface area contributed by atoms with Gasteiger partial charge in [0.15, 0.2) is 6.61 Å². The molecular formula is C11H13F3N2O2. The molecule has 0 spiro atoms. The highest BCUT2D eigenvalue weighted by molar-refractivity contribution is 5.77. The van der Waals surface area contributed by atoms with Crippen LogP contribution in [0.25, 0.3) is 0 Å². The Morgan fingerprint density at radius 1 is 1.39 bits per heavy atom. The van der Waals surface area contributed by atoms with E-state index < -0.39 is 17.6 Å². The van der Waals surface area contributed by atoms with Crippen molar-refractivity contribution in [3.8, 4) is 5.75 Å². The molecule has 0 bridgehead atoms. The smallest absolute Gasteiger partial charge is 0.416 e. The molecule has 0 aliphatic heterocycles. The van der Waals surface area contributed by atoms with Crippen LogP contribution < -0.4 is 15.8 Å². The summed E-state index contributed by atoms with van der Waals surface area (Å²) in [6.45, 7) is 0.237. The van der Waals surface area contributed by atoms with Crippen molar-refractivity contribution in [2.45, 2.75) is 6.18 Å². The molecule has 0 heterocycles. The molecular weight excluding hydrogens is 249 g/mol. The SMILES string of the molecule is NCCNC(=O)COc1cccc(C(F)(F)F)c1. The third-order valence-corrected chi connectivity index (χ3v) is 2.00. The van der Waals surface area contributed by atoms with Gasteiger partial charge in [-0.25, -0.2) is 0 Å². The molecule has 1 rings (SSSR count). The number of halogens is 3. The molecule has 0 saturated carbocycles. The van der Waals surface area contributed by atoms with E-state index >= 15 is 0 Å². The summed E-state index contributed by atoms with van der Waals surface area (Å²) in [4.78, 5) is 11.1. The molecule has 7 heteroatoms. The first kappa shape index (κ1) is 14.3. The summed E-state index contributed by atoms with van der Waals surface area (Å²) in [5.41, 5.74) is 4.35. The van der Waals surface area contributed by atoms with Gasteiger partial charge in [0.2, 0.25) is 0 Å². The lowest BCUT2D eigenvalue weighted by molar-refractivity contribution is -0.137. The van der Waals surface area contributed by atoms with Crippen LogP contribution in [0.1, 0.15) is 5.56 Å². The number of alkyl halides is 3. The number of nitrogens with one attached hydrogen (secondary N) is 1. The number of ether oxygens (including phenoxy) is 1. The van der Waals surface area contributed by atoms with Crippen molar-refractivity contribution < 1.29 is 22.7 Å². The van der Waals surface area contributed by atoms with Crippen LogP contribution in [0.5, 0.6) is 5.75 Å². The van der Waals surface area contributed by atoms with Crippen molar-refractivity contribution in [1.29, 1.82) is 0 Å². The molecule has 0 radical (unpaired) electrons. The molecule has 18 heavy (non-hydrogen) atoms. The minimum Gasteiger partial charge on any atom is -0.484 e. The van der Waals surface area contributed by atoms with Gasteiger partial charge in [0.25, 0.3) is 5.91 Å². The second-order valence-electron chi connectivity index (χ2n) is 3.45. The first-order valence-corrected chi connectivity index (χ1v) is 5.20. The molecule has 4 nitrogen and oxygen atoms in total. The Bertz CT molecular complexity index is 408. The summed E-state index contributed by atoms with van der Waals surface area (Å²) in [5.74, 6) is -0.439. The summed E-state index contributed by atoms with van der Waals surface area (Å²) in [6, 6.07) is 4.35. The Balaban J connectivity index is 2.55. The monoisotopic (exact) mass is 262 g/mol. The molecule has 0 saturated heterocycles. The van der Waals surface area contributed by atoms with Gasteiger partial charge in [-0.2, -0.15) is 13.2 Å². The zero-order valence-corrected chi connectivity index (χ0v) is 9.46. The third-order valence-electron chi connectivity index (χ3n) is 2.00. The fourth-order valence-electron chi connectivity index (χ4n) is 1.17. The number of carbonyl (C=O) groups is 1. The van der Waals surface area contributed by atoms with E-state index in [2.05, 4.69) is 5.32 Å². The summed E-state index contributed by atoms with van der Waals surface area (Å²) < 4.78 is 42.1. The highest BCUT2D eigenvalue weighted by Crippen LogP contribution is 2.31. The van der Waals surface area contributed by atoms with Crippen LogP contribution in [-0.2, 0) is 11.0 Å². The zero-order chi connectivity index (χ0) is 13.6. The molecule has 0 atom stereocenters. The van der Waals surface area contributed by atoms with Crippen LogP contribution in [0.3, 0.4) is 0 Å². The molecule has 0 aromatic heterocycles. The number of carbonyl (C=O) groups excluding carboxylic acids is 1. The van der Waals surface area contributed by atoms with Crippen LogP contribution >= 0.6 is 0 Å². The van der Waals surface area contributed by atoms with Crippen LogP contribution in [0.15, 0.2) is 24.3 Å². The van der Waals surface area contributed by atoms with Gasteiger partial charge in [0.05, 0.1) is 5.56 Å². The maximum absolute atomic E-state index is 12.4. The van der Waals surface area contributed by atoms with Crippen molar-refractivity contribution in [2.24, 2.45) is 5.73 Å². The summed E-state index contributed by atoms with van der Waals surface area (Å²) in [6.07, 6.45) is -4.43. The zero-order valence-electron chi connectivity index (χ0n) is 9.46. The van der Waals surface area contributed by atoms with E-state index in [4.69, 9.17) is 10.5 Å². The Kier molecular flexibility index (Phi) is 4.96. The molecule has 3 N–H and O–H groups in total. The van der Waals surface area contributed by atoms with Gasteiger partial charge in [-0.15, -0.1) is 0 Å². The van der Waals surface area contributed by atoms with E-state index in [-0.39, 0.29) is 18.9 Å². The normalized spacial score (nSPS) is 11.1. The van der Waals surface area contributed by atoms with Crippen LogP contribution in [0.4, 0.5) is 13.2 Å². The van der Waals surface area contributed by atoms with Crippen LogP contribution in [0, 0.1) is 0 Å². The minimum atomic E-state index is -4.43. The second kappa shape index (κ2) is 6.25. The van der Waals surface area contributed by atoms with Crippen molar-refractivity contribution >= 4 is 5.91 Å². The van der Waals surface area contributed by atoms with Crippen molar-refractivity contribution in [3.05, 3.63) is 29.8 Å². The Labute approximate surface area is 102 Å². The van der Waals surface area contributed by atoms with Crippen molar-refractivity contribution in [3.63, 3.8) is 0 Å². The largest absolute Gasteiger partial charge is 0.484 e. The number of rotatable bonds is 5. The molecule has 0 unspecified atom stereocenters. The molecule has 1 aromatic carbocycles. The molecule has 0 aliphatic carbocycles. The van der Waals surface area contributed by atoms with Crippen LogP contribution in [0.2, 0.25) is 0 Å². The molecule has 0 fully saturated rings. The Morgan fingerprint density at radius 3 is 2.72 bits per heavy atom. The third kappa shape index (κ3) is 4.62. The van der Waals surface area contributed by atoms with Gasteiger partial charge in [0, 0.05) is 13.1 Å². The first-order chi connectivity index (χ1) is 8.43. The maximum atomic E-state index is 12.4. The van der Waals surface area contributed by atoms with E-state index in [9.17, 15) is 18.0 Å². The average molecular weight is 262 g/mol. The number of benzene rings is 1. The average Bonchev–Trinajstić information content (AvgIpc) is 2.33. The number of amides is 1. The topological polar surface area (TPSA) is 64.3 Å². The first-order valence-electron chi connectivity index (χ1n) is 5.20. The Hall–Kier alpha value is -1.76. The minimum absolute atomic E-state index is 0.00674. The fourth-order valence-corrected chi connectivity index (χ4v) is 1.17. The predicted octanol–water partition coefficient (Wildman–Crippen LogP) is 1.16. The second-order valence-corrected chi connectivity index (χ2v) is 3.45. The van der Waals surface area contributed by atoms with E-state index in [0.29, 0.717) is 6.54 Å². The molecule has 1 amide bonds. The molecule has 0 aliphatic rings. The quantitative estimate of drug-likeness (QED) is 0.837. The fraction of sp³-hybridized carbons (Fsp3) is 0.364. The van der Waals surface area contributed by atoms with Crippen molar-refractivity contribution in [1.82, 2.24) is 5.32 Å². The molecule has 100 valence electrons. The lowest BCUT2D eigenvalue weighted by atomic mass is 10.2. The lowest BCUT2D eigenvalue weighted by Gasteiger charge is -2.10. The number of nitrogens with two attached hydrogens (primary N) is 1. The van der Waals surface area contributed by atoms with E-state index in [1.165, 1.54) is 12.1 Å². The number of hydrogen-bond donors (Lipinski definition) is 2. The highest BCUT2D eigenvalue weighted by atomic mass is 19.4. The number of hydrogen-bond acceptors (Lipinski definition) is 3. The van der Waals surface area contributed by atoms with Gasteiger partial charge < -0.3 is 15.8 Å². The summed E-state index contributed by atoms with van der Waals surface area (Å²) in [7, 11) is 0. The maximum Gasteiger partial charge on any atom is 0.416 e.